The van der Waals surface area contributed by atoms with E-state index in [1.165, 1.54) is 21.2 Å². The fourth-order valence-electron chi connectivity index (χ4n) is 1.94. The van der Waals surface area contributed by atoms with Gasteiger partial charge in [-0.1, -0.05) is 36.4 Å². The highest BCUT2D eigenvalue weighted by Gasteiger charge is 2.00. The van der Waals surface area contributed by atoms with Crippen molar-refractivity contribution in [2.45, 2.75) is 6.61 Å². The van der Waals surface area contributed by atoms with Gasteiger partial charge in [0.25, 0.3) is 0 Å². The molecule has 2 aromatic carbocycles. The Kier molecular flexibility index (Phi) is 2.67. The van der Waals surface area contributed by atoms with Gasteiger partial charge in [0.2, 0.25) is 0 Å². The topological polar surface area (TPSA) is 20.2 Å². The molecule has 0 aliphatic heterocycles. The number of fused-ring (bicyclic) bond motifs is 1. The largest absolute Gasteiger partial charge is 0.392 e. The van der Waals surface area contributed by atoms with Gasteiger partial charge < -0.3 is 5.11 Å². The SMILES string of the molecule is OCc1ccc(-c2ccc3ccsc3c2)cc1. The fourth-order valence-corrected chi connectivity index (χ4v) is 2.77. The molecule has 84 valence electrons. The molecule has 0 aliphatic carbocycles. The zero-order valence-corrected chi connectivity index (χ0v) is 10.1. The van der Waals surface area contributed by atoms with Crippen molar-refractivity contribution in [3.8, 4) is 11.1 Å². The van der Waals surface area contributed by atoms with Crippen LogP contribution in [-0.4, -0.2) is 5.11 Å². The average molecular weight is 240 g/mol. The molecule has 0 saturated carbocycles. The zero-order valence-electron chi connectivity index (χ0n) is 9.26. The van der Waals surface area contributed by atoms with Crippen molar-refractivity contribution in [2.24, 2.45) is 0 Å². The number of hydrogen-bond acceptors (Lipinski definition) is 2. The number of aliphatic hydroxyl groups is 1. The van der Waals surface area contributed by atoms with Gasteiger partial charge in [-0.05, 0) is 39.6 Å². The minimum absolute atomic E-state index is 0.101. The Bertz CT molecular complexity index is 637. The van der Waals surface area contributed by atoms with E-state index < -0.39 is 0 Å². The highest BCUT2D eigenvalue weighted by molar-refractivity contribution is 7.17. The van der Waals surface area contributed by atoms with E-state index in [1.807, 2.05) is 12.1 Å². The van der Waals surface area contributed by atoms with Crippen molar-refractivity contribution >= 4 is 21.4 Å². The van der Waals surface area contributed by atoms with Crippen LogP contribution in [-0.2, 0) is 6.61 Å². The highest BCUT2D eigenvalue weighted by Crippen LogP contribution is 2.27. The second-order valence-corrected chi connectivity index (χ2v) is 4.98. The lowest BCUT2D eigenvalue weighted by molar-refractivity contribution is 0.282. The Morgan fingerprint density at radius 1 is 0.882 bits per heavy atom. The molecule has 0 atom stereocenters. The average Bonchev–Trinajstić information content (AvgIpc) is 2.86. The summed E-state index contributed by atoms with van der Waals surface area (Å²) in [5, 5.41) is 12.4. The number of aliphatic hydroxyl groups excluding tert-OH is 1. The molecule has 1 heterocycles. The van der Waals surface area contributed by atoms with E-state index in [2.05, 4.69) is 41.8 Å². The third-order valence-corrected chi connectivity index (χ3v) is 3.81. The highest BCUT2D eigenvalue weighted by atomic mass is 32.1. The summed E-state index contributed by atoms with van der Waals surface area (Å²) in [4.78, 5) is 0. The standard InChI is InChI=1S/C15H12OS/c16-10-11-1-3-12(4-2-11)14-6-5-13-7-8-17-15(13)9-14/h1-9,16H,10H2. The number of rotatable bonds is 2. The van der Waals surface area contributed by atoms with E-state index >= 15 is 0 Å². The van der Waals surface area contributed by atoms with Crippen LogP contribution in [0.4, 0.5) is 0 Å². The molecule has 0 amide bonds. The second-order valence-electron chi connectivity index (χ2n) is 4.03. The number of benzene rings is 2. The minimum Gasteiger partial charge on any atom is -0.392 e. The van der Waals surface area contributed by atoms with Crippen molar-refractivity contribution in [1.29, 1.82) is 0 Å². The molecule has 0 saturated heterocycles. The van der Waals surface area contributed by atoms with Gasteiger partial charge in [0.15, 0.2) is 0 Å². The summed E-state index contributed by atoms with van der Waals surface area (Å²) in [7, 11) is 0. The van der Waals surface area contributed by atoms with Crippen LogP contribution in [0.3, 0.4) is 0 Å². The van der Waals surface area contributed by atoms with Crippen molar-refractivity contribution in [2.75, 3.05) is 0 Å². The number of hydrogen-bond donors (Lipinski definition) is 1. The molecular weight excluding hydrogens is 228 g/mol. The zero-order chi connectivity index (χ0) is 11.7. The molecule has 2 heteroatoms. The van der Waals surface area contributed by atoms with Crippen LogP contribution in [0, 0.1) is 0 Å². The molecule has 0 radical (unpaired) electrons. The van der Waals surface area contributed by atoms with E-state index in [-0.39, 0.29) is 6.61 Å². The lowest BCUT2D eigenvalue weighted by Crippen LogP contribution is -1.82. The molecule has 17 heavy (non-hydrogen) atoms. The monoisotopic (exact) mass is 240 g/mol. The Labute approximate surface area is 104 Å². The maximum Gasteiger partial charge on any atom is 0.0681 e. The molecule has 0 bridgehead atoms. The van der Waals surface area contributed by atoms with Gasteiger partial charge >= 0.3 is 0 Å². The first-order chi connectivity index (χ1) is 8.36. The first-order valence-corrected chi connectivity index (χ1v) is 6.42. The first-order valence-electron chi connectivity index (χ1n) is 5.54. The van der Waals surface area contributed by atoms with Gasteiger partial charge in [-0.15, -0.1) is 11.3 Å². The third kappa shape index (κ3) is 1.97. The van der Waals surface area contributed by atoms with Crippen molar-refractivity contribution in [3.05, 3.63) is 59.5 Å². The molecule has 1 aromatic heterocycles. The van der Waals surface area contributed by atoms with Crippen molar-refractivity contribution < 1.29 is 5.11 Å². The van der Waals surface area contributed by atoms with Gasteiger partial charge in [0, 0.05) is 4.70 Å². The summed E-state index contributed by atoms with van der Waals surface area (Å²) in [5.41, 5.74) is 3.37. The van der Waals surface area contributed by atoms with Gasteiger partial charge in [0.05, 0.1) is 6.61 Å². The van der Waals surface area contributed by atoms with Crippen LogP contribution in [0.1, 0.15) is 5.56 Å². The van der Waals surface area contributed by atoms with Crippen LogP contribution < -0.4 is 0 Å². The third-order valence-electron chi connectivity index (χ3n) is 2.93. The van der Waals surface area contributed by atoms with Crippen LogP contribution in [0.2, 0.25) is 0 Å². The molecule has 3 aromatic rings. The summed E-state index contributed by atoms with van der Waals surface area (Å²) in [6.45, 7) is 0.101. The second kappa shape index (κ2) is 4.32. The minimum atomic E-state index is 0.101. The van der Waals surface area contributed by atoms with Crippen molar-refractivity contribution in [1.82, 2.24) is 0 Å². The van der Waals surface area contributed by atoms with Crippen LogP contribution >= 0.6 is 11.3 Å². The molecule has 0 aliphatic rings. The van der Waals surface area contributed by atoms with E-state index in [1.54, 1.807) is 11.3 Å². The molecular formula is C15H12OS. The maximum atomic E-state index is 9.01. The molecule has 3 rings (SSSR count). The van der Waals surface area contributed by atoms with Gasteiger partial charge in [0.1, 0.15) is 0 Å². The van der Waals surface area contributed by atoms with E-state index in [9.17, 15) is 0 Å². The van der Waals surface area contributed by atoms with Gasteiger partial charge in [-0.2, -0.15) is 0 Å². The van der Waals surface area contributed by atoms with E-state index in [0.717, 1.165) is 5.56 Å². The fraction of sp³-hybridized carbons (Fsp3) is 0.0667. The van der Waals surface area contributed by atoms with E-state index in [4.69, 9.17) is 5.11 Å². The lowest BCUT2D eigenvalue weighted by atomic mass is 10.0. The Morgan fingerprint density at radius 2 is 1.65 bits per heavy atom. The molecule has 0 fully saturated rings. The Balaban J connectivity index is 2.06. The molecule has 0 spiro atoms. The van der Waals surface area contributed by atoms with Crippen LogP contribution in [0.25, 0.3) is 21.2 Å². The molecule has 1 N–H and O–H groups in total. The van der Waals surface area contributed by atoms with Gasteiger partial charge in [-0.3, -0.25) is 0 Å². The molecule has 1 nitrogen and oxygen atoms in total. The lowest BCUT2D eigenvalue weighted by Gasteiger charge is -2.03. The summed E-state index contributed by atoms with van der Waals surface area (Å²) in [5.74, 6) is 0. The predicted molar refractivity (Wildman–Crippen MR) is 73.2 cm³/mol. The Hall–Kier alpha value is -1.64. The normalized spacial score (nSPS) is 10.9. The maximum absolute atomic E-state index is 9.01. The quantitative estimate of drug-likeness (QED) is 0.716. The summed E-state index contributed by atoms with van der Waals surface area (Å²) in [6.07, 6.45) is 0. The van der Waals surface area contributed by atoms with E-state index in [0.29, 0.717) is 0 Å². The number of thiophene rings is 1. The molecule has 0 unspecified atom stereocenters. The predicted octanol–water partition coefficient (Wildman–Crippen LogP) is 4.06. The summed E-state index contributed by atoms with van der Waals surface area (Å²) >= 11 is 1.76. The first kappa shape index (κ1) is 10.5. The van der Waals surface area contributed by atoms with Crippen LogP contribution in [0.15, 0.2) is 53.9 Å². The summed E-state index contributed by atoms with van der Waals surface area (Å²) in [6, 6.07) is 16.7. The van der Waals surface area contributed by atoms with Crippen LogP contribution in [0.5, 0.6) is 0 Å². The summed E-state index contributed by atoms with van der Waals surface area (Å²) < 4.78 is 1.31. The van der Waals surface area contributed by atoms with Gasteiger partial charge in [-0.25, -0.2) is 0 Å². The smallest absolute Gasteiger partial charge is 0.0681 e. The van der Waals surface area contributed by atoms with Crippen molar-refractivity contribution in [3.63, 3.8) is 0 Å². The Morgan fingerprint density at radius 3 is 2.41 bits per heavy atom.